The summed E-state index contributed by atoms with van der Waals surface area (Å²) in [6, 6.07) is 10.5. The molecule has 1 fully saturated rings. The second kappa shape index (κ2) is 10.8. The molecule has 3 aromatic rings. The minimum atomic E-state index is -3.84. The highest BCUT2D eigenvalue weighted by Gasteiger charge is 2.33. The van der Waals surface area contributed by atoms with Gasteiger partial charge in [-0.15, -0.1) is 0 Å². The maximum atomic E-state index is 12.8. The molecule has 0 spiro atoms. The smallest absolute Gasteiger partial charge is 0.373 e. The van der Waals surface area contributed by atoms with E-state index in [2.05, 4.69) is 9.97 Å². The van der Waals surface area contributed by atoms with Crippen molar-refractivity contribution in [2.24, 2.45) is 5.92 Å². The van der Waals surface area contributed by atoms with Crippen molar-refractivity contribution >= 4 is 27.3 Å². The third-order valence-electron chi connectivity index (χ3n) is 5.86. The number of rotatable bonds is 8. The fourth-order valence-corrected chi connectivity index (χ4v) is 5.23. The van der Waals surface area contributed by atoms with Gasteiger partial charge in [-0.3, -0.25) is 14.9 Å². The number of aromatic hydroxyl groups is 1. The van der Waals surface area contributed by atoms with Crippen LogP contribution in [0.4, 0.5) is 11.5 Å². The van der Waals surface area contributed by atoms with Gasteiger partial charge in [0.2, 0.25) is 15.7 Å². The van der Waals surface area contributed by atoms with Crippen LogP contribution in [0.3, 0.4) is 0 Å². The number of piperidine rings is 1. The van der Waals surface area contributed by atoms with Crippen molar-refractivity contribution in [2.75, 3.05) is 24.6 Å². The lowest BCUT2D eigenvalue weighted by Gasteiger charge is -2.31. The standard InChI is InChI=1S/C24H24N4O8S/c1-2-35-24(30)16-11-13-27(14-12-16)22-21(28(31)32)23(26-15-25-22)36-18-5-9-20(10-6-18)37(33,34)19-7-3-17(29)4-8-19/h3-10,15-16,29H,2,11-14H2,1H3. The fourth-order valence-electron chi connectivity index (χ4n) is 3.97. The van der Waals surface area contributed by atoms with Crippen LogP contribution in [0.5, 0.6) is 17.4 Å². The SMILES string of the molecule is CCOC(=O)C1CCN(c2ncnc(Oc3ccc(S(=O)(=O)c4ccc(O)cc4)cc3)c2[N+](=O)[O-])CC1. The molecule has 0 atom stereocenters. The quantitative estimate of drug-likeness (QED) is 0.259. The predicted octanol–water partition coefficient (Wildman–Crippen LogP) is 3.50. The lowest BCUT2D eigenvalue weighted by Crippen LogP contribution is -2.37. The molecule has 4 rings (SSSR count). The van der Waals surface area contributed by atoms with Crippen LogP contribution >= 0.6 is 0 Å². The first kappa shape index (κ1) is 25.8. The number of ether oxygens (including phenoxy) is 2. The van der Waals surface area contributed by atoms with E-state index in [0.29, 0.717) is 32.5 Å². The highest BCUT2D eigenvalue weighted by Crippen LogP contribution is 2.38. The van der Waals surface area contributed by atoms with Gasteiger partial charge in [-0.05, 0) is 68.3 Å². The lowest BCUT2D eigenvalue weighted by atomic mass is 9.97. The van der Waals surface area contributed by atoms with Crippen LogP contribution < -0.4 is 9.64 Å². The van der Waals surface area contributed by atoms with Gasteiger partial charge < -0.3 is 19.5 Å². The van der Waals surface area contributed by atoms with E-state index < -0.39 is 20.4 Å². The zero-order valence-electron chi connectivity index (χ0n) is 19.8. The summed E-state index contributed by atoms with van der Waals surface area (Å²) in [5.41, 5.74) is -0.433. The van der Waals surface area contributed by atoms with Gasteiger partial charge >= 0.3 is 17.5 Å². The second-order valence-electron chi connectivity index (χ2n) is 8.19. The van der Waals surface area contributed by atoms with Crippen molar-refractivity contribution in [3.63, 3.8) is 0 Å². The molecule has 194 valence electrons. The Morgan fingerprint density at radius 3 is 2.24 bits per heavy atom. The van der Waals surface area contributed by atoms with E-state index in [1.54, 1.807) is 11.8 Å². The summed E-state index contributed by atoms with van der Waals surface area (Å²) in [7, 11) is -3.84. The number of carbonyl (C=O) groups is 1. The van der Waals surface area contributed by atoms with Crippen LogP contribution in [0.25, 0.3) is 0 Å². The van der Waals surface area contributed by atoms with Crippen molar-refractivity contribution < 1.29 is 32.7 Å². The number of phenols is 1. The topological polar surface area (TPSA) is 162 Å². The van der Waals surface area contributed by atoms with Crippen LogP contribution in [-0.2, 0) is 19.4 Å². The van der Waals surface area contributed by atoms with Crippen LogP contribution in [-0.4, -0.2) is 54.1 Å². The van der Waals surface area contributed by atoms with Gasteiger partial charge in [-0.1, -0.05) is 0 Å². The monoisotopic (exact) mass is 528 g/mol. The number of hydrogen-bond donors (Lipinski definition) is 1. The van der Waals surface area contributed by atoms with E-state index in [0.717, 1.165) is 6.33 Å². The molecule has 2 heterocycles. The van der Waals surface area contributed by atoms with Gasteiger partial charge in [0.25, 0.3) is 0 Å². The highest BCUT2D eigenvalue weighted by molar-refractivity contribution is 7.91. The molecule has 0 bridgehead atoms. The van der Waals surface area contributed by atoms with E-state index >= 15 is 0 Å². The molecule has 1 aliphatic heterocycles. The summed E-state index contributed by atoms with van der Waals surface area (Å²) in [5.74, 6) is -0.695. The van der Waals surface area contributed by atoms with Crippen LogP contribution in [0.1, 0.15) is 19.8 Å². The first-order chi connectivity index (χ1) is 17.7. The summed E-state index contributed by atoms with van der Waals surface area (Å²) < 4.78 is 36.4. The van der Waals surface area contributed by atoms with Crippen LogP contribution in [0.2, 0.25) is 0 Å². The molecule has 1 saturated heterocycles. The molecular formula is C24H24N4O8S. The van der Waals surface area contributed by atoms with Crippen molar-refractivity contribution in [2.45, 2.75) is 29.6 Å². The largest absolute Gasteiger partial charge is 0.508 e. The fraction of sp³-hybridized carbons (Fsp3) is 0.292. The average Bonchev–Trinajstić information content (AvgIpc) is 2.89. The summed E-state index contributed by atoms with van der Waals surface area (Å²) in [6.07, 6.45) is 2.08. The Morgan fingerprint density at radius 1 is 1.08 bits per heavy atom. The van der Waals surface area contributed by atoms with E-state index in [9.17, 15) is 28.4 Å². The summed E-state index contributed by atoms with van der Waals surface area (Å²) in [6.45, 7) is 2.76. The number of phenolic OH excluding ortho intramolecular Hbond substituents is 1. The molecule has 0 saturated carbocycles. The van der Waals surface area contributed by atoms with E-state index in [1.807, 2.05) is 0 Å². The minimum absolute atomic E-state index is 0.00164. The van der Waals surface area contributed by atoms with Crippen molar-refractivity contribution in [1.82, 2.24) is 9.97 Å². The second-order valence-corrected chi connectivity index (χ2v) is 10.1. The van der Waals surface area contributed by atoms with Crippen LogP contribution in [0.15, 0.2) is 64.6 Å². The Kier molecular flexibility index (Phi) is 7.53. The summed E-state index contributed by atoms with van der Waals surface area (Å²) in [5, 5.41) is 21.3. The Balaban J connectivity index is 1.54. The van der Waals surface area contributed by atoms with Gasteiger partial charge in [0.05, 0.1) is 27.2 Å². The number of benzene rings is 2. The Morgan fingerprint density at radius 2 is 1.68 bits per heavy atom. The van der Waals surface area contributed by atoms with Gasteiger partial charge in [0, 0.05) is 13.1 Å². The normalized spacial score (nSPS) is 14.2. The first-order valence-electron chi connectivity index (χ1n) is 11.4. The van der Waals surface area contributed by atoms with Crippen molar-refractivity contribution in [1.29, 1.82) is 0 Å². The maximum Gasteiger partial charge on any atom is 0.373 e. The number of anilines is 1. The number of aromatic nitrogens is 2. The predicted molar refractivity (Wildman–Crippen MR) is 130 cm³/mol. The van der Waals surface area contributed by atoms with Gasteiger partial charge in [-0.25, -0.2) is 13.4 Å². The number of nitro groups is 1. The third kappa shape index (κ3) is 5.61. The molecule has 1 aliphatic rings. The molecule has 0 radical (unpaired) electrons. The zero-order chi connectivity index (χ0) is 26.6. The van der Waals surface area contributed by atoms with Gasteiger partial charge in [0.1, 0.15) is 17.8 Å². The summed E-state index contributed by atoms with van der Waals surface area (Å²) >= 11 is 0. The zero-order valence-corrected chi connectivity index (χ0v) is 20.6. The Labute approximate surface area is 212 Å². The number of hydrogen-bond acceptors (Lipinski definition) is 11. The first-order valence-corrected chi connectivity index (χ1v) is 12.9. The molecule has 2 aromatic carbocycles. The molecule has 12 nitrogen and oxygen atoms in total. The summed E-state index contributed by atoms with van der Waals surface area (Å²) in [4.78, 5) is 33.0. The molecule has 1 N–H and O–H groups in total. The van der Waals surface area contributed by atoms with Crippen molar-refractivity contribution in [3.05, 3.63) is 65.0 Å². The van der Waals surface area contributed by atoms with E-state index in [-0.39, 0.29) is 44.9 Å². The van der Waals surface area contributed by atoms with E-state index in [1.165, 1.54) is 48.5 Å². The molecule has 0 aliphatic carbocycles. The number of carbonyl (C=O) groups excluding carboxylic acids is 1. The Hall–Kier alpha value is -4.26. The van der Waals surface area contributed by atoms with Crippen molar-refractivity contribution in [3.8, 4) is 17.4 Å². The third-order valence-corrected chi connectivity index (χ3v) is 7.65. The molecule has 1 aromatic heterocycles. The molecule has 13 heteroatoms. The van der Waals surface area contributed by atoms with Crippen LogP contribution in [0, 0.1) is 16.0 Å². The highest BCUT2D eigenvalue weighted by atomic mass is 32.2. The lowest BCUT2D eigenvalue weighted by molar-refractivity contribution is -0.385. The Bertz CT molecular complexity index is 1390. The molecule has 0 amide bonds. The average molecular weight is 529 g/mol. The maximum absolute atomic E-state index is 12.8. The van der Waals surface area contributed by atoms with Gasteiger partial charge in [0.15, 0.2) is 0 Å². The van der Waals surface area contributed by atoms with E-state index in [4.69, 9.17) is 9.47 Å². The van der Waals surface area contributed by atoms with Gasteiger partial charge in [-0.2, -0.15) is 4.98 Å². The minimum Gasteiger partial charge on any atom is -0.508 e. The molecular weight excluding hydrogens is 504 g/mol. The molecule has 0 unspecified atom stereocenters. The molecule has 37 heavy (non-hydrogen) atoms. The number of nitrogens with zero attached hydrogens (tertiary/aromatic N) is 4. The number of sulfone groups is 1. The number of esters is 1.